The molecule has 2 aromatic rings. The predicted molar refractivity (Wildman–Crippen MR) is 103 cm³/mol. The summed E-state index contributed by atoms with van der Waals surface area (Å²) in [5.74, 6) is -0.899. The first-order chi connectivity index (χ1) is 12.8. The maximum atomic E-state index is 12.0. The summed E-state index contributed by atoms with van der Waals surface area (Å²) >= 11 is 3.32. The molecule has 0 aliphatic carbocycles. The maximum Gasteiger partial charge on any atom is 0.313 e. The molecule has 0 aliphatic heterocycles. The first-order valence-corrected chi connectivity index (χ1v) is 8.66. The summed E-state index contributed by atoms with van der Waals surface area (Å²) in [4.78, 5) is 33.9. The normalized spacial score (nSPS) is 10.8. The van der Waals surface area contributed by atoms with E-state index in [1.54, 1.807) is 32.0 Å². The van der Waals surface area contributed by atoms with E-state index >= 15 is 0 Å². The summed E-state index contributed by atoms with van der Waals surface area (Å²) in [7, 11) is 0. The van der Waals surface area contributed by atoms with Crippen molar-refractivity contribution in [2.45, 2.75) is 13.8 Å². The fraction of sp³-hybridized carbons (Fsp3) is 0.167. The van der Waals surface area contributed by atoms with Crippen molar-refractivity contribution in [1.29, 1.82) is 0 Å². The summed E-state index contributed by atoms with van der Waals surface area (Å²) in [6.07, 6.45) is 1.34. The van der Waals surface area contributed by atoms with Crippen molar-refractivity contribution in [3.63, 3.8) is 0 Å². The Morgan fingerprint density at radius 3 is 2.48 bits per heavy atom. The van der Waals surface area contributed by atoms with Crippen LogP contribution in [0.4, 0.5) is 5.69 Å². The number of carbonyl (C=O) groups is 2. The lowest BCUT2D eigenvalue weighted by Gasteiger charge is -2.09. The monoisotopic (exact) mass is 433 g/mol. The number of nitro groups is 1. The number of hydrogen-bond acceptors (Lipinski definition) is 6. The van der Waals surface area contributed by atoms with Crippen molar-refractivity contribution in [3.05, 3.63) is 68.2 Å². The number of amides is 1. The average Bonchev–Trinajstić information content (AvgIpc) is 2.63. The van der Waals surface area contributed by atoms with Gasteiger partial charge in [-0.25, -0.2) is 5.43 Å². The molecular formula is C18H16BrN3O5. The fourth-order valence-electron chi connectivity index (χ4n) is 1.90. The Morgan fingerprint density at radius 1 is 1.22 bits per heavy atom. The number of benzene rings is 2. The van der Waals surface area contributed by atoms with E-state index in [0.717, 1.165) is 4.47 Å². The van der Waals surface area contributed by atoms with Crippen LogP contribution >= 0.6 is 15.9 Å². The minimum atomic E-state index is -0.549. The fourth-order valence-corrected chi connectivity index (χ4v) is 2.28. The number of halogens is 1. The van der Waals surface area contributed by atoms with Crippen molar-refractivity contribution in [2.24, 2.45) is 11.0 Å². The lowest BCUT2D eigenvalue weighted by Crippen LogP contribution is -2.18. The number of hydrazone groups is 1. The smallest absolute Gasteiger partial charge is 0.313 e. The Hall–Kier alpha value is -3.07. The second-order valence-corrected chi connectivity index (χ2v) is 6.68. The van der Waals surface area contributed by atoms with Gasteiger partial charge in [0.1, 0.15) is 5.75 Å². The van der Waals surface area contributed by atoms with E-state index in [4.69, 9.17) is 4.74 Å². The topological polar surface area (TPSA) is 111 Å². The number of ether oxygens (including phenoxy) is 1. The quantitative estimate of drug-likeness (QED) is 0.245. The summed E-state index contributed by atoms with van der Waals surface area (Å²) < 4.78 is 6.06. The highest BCUT2D eigenvalue weighted by Crippen LogP contribution is 2.22. The molecule has 1 N–H and O–H groups in total. The van der Waals surface area contributed by atoms with E-state index in [2.05, 4.69) is 26.5 Å². The van der Waals surface area contributed by atoms with Crippen LogP contribution in [0.15, 0.2) is 52.0 Å². The van der Waals surface area contributed by atoms with Crippen molar-refractivity contribution < 1.29 is 19.2 Å². The Bertz CT molecular complexity index is 894. The molecule has 0 heterocycles. The third kappa shape index (κ3) is 5.71. The molecule has 0 aliphatic rings. The molecule has 2 aromatic carbocycles. The van der Waals surface area contributed by atoms with Crippen LogP contribution < -0.4 is 10.2 Å². The zero-order valence-electron chi connectivity index (χ0n) is 14.5. The number of esters is 1. The van der Waals surface area contributed by atoms with Crippen molar-refractivity contribution >= 4 is 39.7 Å². The lowest BCUT2D eigenvalue weighted by molar-refractivity contribution is -0.384. The SMILES string of the molecule is CC(C)C(=O)Oc1ccc(Br)cc1/C=N\NC(=O)c1ccc([N+](=O)[O-])cc1. The van der Waals surface area contributed by atoms with E-state index in [1.807, 2.05) is 0 Å². The third-order valence-electron chi connectivity index (χ3n) is 3.36. The average molecular weight is 434 g/mol. The molecule has 0 unspecified atom stereocenters. The standard InChI is InChI=1S/C18H16BrN3O5/c1-11(2)18(24)27-16-8-5-14(19)9-13(16)10-20-21-17(23)12-3-6-15(7-4-12)22(25)26/h3-11H,1-2H3,(H,21,23)/b20-10-. The second-order valence-electron chi connectivity index (χ2n) is 5.76. The Kier molecular flexibility index (Phi) is 6.78. The van der Waals surface area contributed by atoms with Gasteiger partial charge in [0.2, 0.25) is 0 Å². The molecule has 0 saturated carbocycles. The number of hydrogen-bond donors (Lipinski definition) is 1. The predicted octanol–water partition coefficient (Wildman–Crippen LogP) is 3.68. The van der Waals surface area contributed by atoms with Gasteiger partial charge in [-0.1, -0.05) is 29.8 Å². The largest absolute Gasteiger partial charge is 0.426 e. The molecule has 8 nitrogen and oxygen atoms in total. The van der Waals surface area contributed by atoms with Gasteiger partial charge in [-0.2, -0.15) is 5.10 Å². The van der Waals surface area contributed by atoms with Gasteiger partial charge in [-0.05, 0) is 30.3 Å². The molecule has 0 saturated heterocycles. The number of rotatable bonds is 6. The van der Waals surface area contributed by atoms with Crippen molar-refractivity contribution in [2.75, 3.05) is 0 Å². The molecular weight excluding hydrogens is 418 g/mol. The van der Waals surface area contributed by atoms with Gasteiger partial charge in [-0.3, -0.25) is 19.7 Å². The summed E-state index contributed by atoms with van der Waals surface area (Å²) in [5.41, 5.74) is 2.92. The Balaban J connectivity index is 2.10. The molecule has 0 atom stereocenters. The summed E-state index contributed by atoms with van der Waals surface area (Å²) in [6.45, 7) is 3.44. The molecule has 0 fully saturated rings. The molecule has 2 rings (SSSR count). The van der Waals surface area contributed by atoms with E-state index in [-0.39, 0.29) is 23.1 Å². The highest BCUT2D eigenvalue weighted by Gasteiger charge is 2.13. The molecule has 0 aromatic heterocycles. The molecule has 1 amide bonds. The number of nitro benzene ring substituents is 1. The van der Waals surface area contributed by atoms with Crippen LogP contribution in [-0.2, 0) is 4.79 Å². The van der Waals surface area contributed by atoms with Gasteiger partial charge < -0.3 is 4.74 Å². The van der Waals surface area contributed by atoms with Crippen LogP contribution in [0.25, 0.3) is 0 Å². The van der Waals surface area contributed by atoms with E-state index in [1.165, 1.54) is 30.5 Å². The summed E-state index contributed by atoms with van der Waals surface area (Å²) in [5, 5.41) is 14.5. The maximum absolute atomic E-state index is 12.0. The molecule has 0 bridgehead atoms. The second kappa shape index (κ2) is 9.04. The molecule has 9 heteroatoms. The van der Waals surface area contributed by atoms with Crippen molar-refractivity contribution in [3.8, 4) is 5.75 Å². The number of nitrogens with zero attached hydrogens (tertiary/aromatic N) is 2. The van der Waals surface area contributed by atoms with Crippen LogP contribution in [-0.4, -0.2) is 23.0 Å². The minimum absolute atomic E-state index is 0.110. The first kappa shape index (κ1) is 20.2. The van der Waals surface area contributed by atoms with Crippen LogP contribution in [0, 0.1) is 16.0 Å². The minimum Gasteiger partial charge on any atom is -0.426 e. The molecule has 0 spiro atoms. The van der Waals surface area contributed by atoms with Crippen LogP contribution in [0.5, 0.6) is 5.75 Å². The van der Waals surface area contributed by atoms with E-state index in [9.17, 15) is 19.7 Å². The Morgan fingerprint density at radius 2 is 1.89 bits per heavy atom. The number of nitrogens with one attached hydrogen (secondary N) is 1. The van der Waals surface area contributed by atoms with Gasteiger partial charge in [-0.15, -0.1) is 0 Å². The zero-order valence-corrected chi connectivity index (χ0v) is 16.1. The summed E-state index contributed by atoms with van der Waals surface area (Å²) in [6, 6.07) is 10.1. The number of carbonyl (C=O) groups excluding carboxylic acids is 2. The van der Waals surface area contributed by atoms with Crippen LogP contribution in [0.3, 0.4) is 0 Å². The van der Waals surface area contributed by atoms with Crippen molar-refractivity contribution in [1.82, 2.24) is 5.43 Å². The molecule has 27 heavy (non-hydrogen) atoms. The van der Waals surface area contributed by atoms with Gasteiger partial charge >= 0.3 is 5.97 Å². The van der Waals surface area contributed by atoms with Crippen LogP contribution in [0.1, 0.15) is 29.8 Å². The molecule has 140 valence electrons. The van der Waals surface area contributed by atoms with E-state index in [0.29, 0.717) is 11.3 Å². The van der Waals surface area contributed by atoms with Crippen LogP contribution in [0.2, 0.25) is 0 Å². The van der Waals surface area contributed by atoms with Gasteiger partial charge in [0.15, 0.2) is 0 Å². The lowest BCUT2D eigenvalue weighted by atomic mass is 10.2. The van der Waals surface area contributed by atoms with Gasteiger partial charge in [0.05, 0.1) is 17.1 Å². The Labute approximate surface area is 163 Å². The van der Waals surface area contributed by atoms with Gasteiger partial charge in [0.25, 0.3) is 11.6 Å². The van der Waals surface area contributed by atoms with Gasteiger partial charge in [0, 0.05) is 27.7 Å². The highest BCUT2D eigenvalue weighted by molar-refractivity contribution is 9.10. The highest BCUT2D eigenvalue weighted by atomic mass is 79.9. The first-order valence-electron chi connectivity index (χ1n) is 7.87. The zero-order chi connectivity index (χ0) is 20.0. The van der Waals surface area contributed by atoms with E-state index < -0.39 is 10.8 Å². The number of non-ortho nitro benzene ring substituents is 1. The molecule has 0 radical (unpaired) electrons. The third-order valence-corrected chi connectivity index (χ3v) is 3.86.